The van der Waals surface area contributed by atoms with Crippen LogP contribution >= 0.6 is 27.3 Å². The van der Waals surface area contributed by atoms with Crippen molar-refractivity contribution in [2.75, 3.05) is 26.2 Å². The zero-order chi connectivity index (χ0) is 13.4. The molecule has 0 spiro atoms. The van der Waals surface area contributed by atoms with Gasteiger partial charge in [0.2, 0.25) is 0 Å². The van der Waals surface area contributed by atoms with Gasteiger partial charge in [-0.25, -0.2) is 0 Å². The Bertz CT molecular complexity index is 422. The van der Waals surface area contributed by atoms with Crippen molar-refractivity contribution in [2.24, 2.45) is 5.73 Å². The lowest BCUT2D eigenvalue weighted by Crippen LogP contribution is -2.51. The molecule has 3 nitrogen and oxygen atoms in total. The molecule has 106 valence electrons. The molecule has 1 saturated carbocycles. The second kappa shape index (κ2) is 5.82. The van der Waals surface area contributed by atoms with Crippen LogP contribution in [0, 0.1) is 0 Å². The second-order valence-corrected chi connectivity index (χ2v) is 7.63. The Morgan fingerprint density at radius 3 is 2.47 bits per heavy atom. The highest BCUT2D eigenvalue weighted by atomic mass is 79.9. The van der Waals surface area contributed by atoms with E-state index in [0.29, 0.717) is 6.04 Å². The summed E-state index contributed by atoms with van der Waals surface area (Å²) in [4.78, 5) is 6.61. The van der Waals surface area contributed by atoms with E-state index in [1.165, 1.54) is 35.3 Å². The highest BCUT2D eigenvalue weighted by Gasteiger charge is 2.34. The standard InChI is InChI=1S/C14H22BrN3S/c1-10(16)14(13-8-11(15)9-19-13)18-6-4-17(5-7-18)12-2-3-12/h8-10,12,14H,2-7,16H2,1H3. The third-order valence-electron chi connectivity index (χ3n) is 4.18. The lowest BCUT2D eigenvalue weighted by Gasteiger charge is -2.40. The fourth-order valence-electron chi connectivity index (χ4n) is 3.08. The van der Waals surface area contributed by atoms with Crippen molar-refractivity contribution in [1.82, 2.24) is 9.80 Å². The molecule has 2 fully saturated rings. The molecule has 19 heavy (non-hydrogen) atoms. The molecular formula is C14H22BrN3S. The van der Waals surface area contributed by atoms with E-state index in [2.05, 4.69) is 44.1 Å². The molecule has 3 rings (SSSR count). The molecule has 2 aliphatic rings. The Labute approximate surface area is 127 Å². The smallest absolute Gasteiger partial charge is 0.0592 e. The van der Waals surface area contributed by atoms with Gasteiger partial charge in [-0.05, 0) is 41.8 Å². The summed E-state index contributed by atoms with van der Waals surface area (Å²) in [5.74, 6) is 0. The predicted octanol–water partition coefficient (Wildman–Crippen LogP) is 2.68. The zero-order valence-corrected chi connectivity index (χ0v) is 13.8. The molecule has 1 aromatic rings. The van der Waals surface area contributed by atoms with Crippen molar-refractivity contribution in [1.29, 1.82) is 0 Å². The molecule has 1 aliphatic carbocycles. The number of thiophene rings is 1. The van der Waals surface area contributed by atoms with Crippen molar-refractivity contribution in [3.05, 3.63) is 20.8 Å². The quantitative estimate of drug-likeness (QED) is 0.912. The third-order valence-corrected chi connectivity index (χ3v) is 5.95. The number of piperazine rings is 1. The number of nitrogens with two attached hydrogens (primary N) is 1. The normalized spacial score (nSPS) is 25.4. The van der Waals surface area contributed by atoms with E-state index in [1.54, 1.807) is 0 Å². The maximum absolute atomic E-state index is 6.25. The van der Waals surface area contributed by atoms with Crippen LogP contribution in [-0.2, 0) is 0 Å². The van der Waals surface area contributed by atoms with Crippen LogP contribution in [0.5, 0.6) is 0 Å². The van der Waals surface area contributed by atoms with Crippen molar-refractivity contribution < 1.29 is 0 Å². The summed E-state index contributed by atoms with van der Waals surface area (Å²) in [5.41, 5.74) is 6.25. The van der Waals surface area contributed by atoms with Crippen molar-refractivity contribution in [3.63, 3.8) is 0 Å². The van der Waals surface area contributed by atoms with Crippen LogP contribution < -0.4 is 5.73 Å². The van der Waals surface area contributed by atoms with Gasteiger partial charge in [0.1, 0.15) is 0 Å². The van der Waals surface area contributed by atoms with Gasteiger partial charge >= 0.3 is 0 Å². The SMILES string of the molecule is CC(N)C(c1cc(Br)cs1)N1CCN(C2CC2)CC1. The minimum Gasteiger partial charge on any atom is -0.326 e. The van der Waals surface area contributed by atoms with Crippen LogP contribution in [0.3, 0.4) is 0 Å². The molecule has 1 aliphatic heterocycles. The molecular weight excluding hydrogens is 322 g/mol. The Morgan fingerprint density at radius 2 is 2.00 bits per heavy atom. The van der Waals surface area contributed by atoms with Gasteiger partial charge in [-0.3, -0.25) is 9.80 Å². The van der Waals surface area contributed by atoms with Gasteiger partial charge < -0.3 is 5.73 Å². The van der Waals surface area contributed by atoms with Crippen LogP contribution in [0.15, 0.2) is 15.9 Å². The van der Waals surface area contributed by atoms with Crippen molar-refractivity contribution in [2.45, 2.75) is 37.9 Å². The second-order valence-electron chi connectivity index (χ2n) is 5.77. The molecule has 1 aromatic heterocycles. The molecule has 2 atom stereocenters. The molecule has 2 heterocycles. The number of rotatable bonds is 4. The molecule has 0 bridgehead atoms. The van der Waals surface area contributed by atoms with Crippen molar-refractivity contribution >= 4 is 27.3 Å². The Hall–Kier alpha value is 0.0600. The van der Waals surface area contributed by atoms with Gasteiger partial charge in [0.15, 0.2) is 0 Å². The highest BCUT2D eigenvalue weighted by Crippen LogP contribution is 2.33. The Kier molecular flexibility index (Phi) is 4.29. The number of halogens is 1. The average molecular weight is 344 g/mol. The molecule has 0 amide bonds. The predicted molar refractivity (Wildman–Crippen MR) is 84.6 cm³/mol. The third kappa shape index (κ3) is 3.22. The van der Waals surface area contributed by atoms with Crippen LogP contribution in [0.4, 0.5) is 0 Å². The van der Waals surface area contributed by atoms with Gasteiger partial charge in [-0.2, -0.15) is 0 Å². The van der Waals surface area contributed by atoms with E-state index < -0.39 is 0 Å². The van der Waals surface area contributed by atoms with E-state index in [9.17, 15) is 0 Å². The molecule has 0 aromatic carbocycles. The summed E-state index contributed by atoms with van der Waals surface area (Å²) >= 11 is 5.37. The largest absolute Gasteiger partial charge is 0.326 e. The first-order valence-corrected chi connectivity index (χ1v) is 8.80. The first-order valence-electron chi connectivity index (χ1n) is 7.13. The average Bonchev–Trinajstić information content (AvgIpc) is 3.14. The van der Waals surface area contributed by atoms with Gasteiger partial charge in [0.05, 0.1) is 6.04 Å². The van der Waals surface area contributed by atoms with Gasteiger partial charge in [-0.1, -0.05) is 0 Å². The van der Waals surface area contributed by atoms with E-state index in [-0.39, 0.29) is 6.04 Å². The Balaban J connectivity index is 1.67. The topological polar surface area (TPSA) is 32.5 Å². The number of hydrogen-bond donors (Lipinski definition) is 1. The maximum atomic E-state index is 6.25. The molecule has 0 radical (unpaired) electrons. The van der Waals surface area contributed by atoms with Gasteiger partial charge in [0, 0.05) is 53.0 Å². The van der Waals surface area contributed by atoms with Crippen LogP contribution in [0.1, 0.15) is 30.7 Å². The minimum atomic E-state index is 0.179. The molecule has 2 unspecified atom stereocenters. The minimum absolute atomic E-state index is 0.179. The van der Waals surface area contributed by atoms with E-state index in [1.807, 2.05) is 11.3 Å². The summed E-state index contributed by atoms with van der Waals surface area (Å²) in [7, 11) is 0. The van der Waals surface area contributed by atoms with Crippen LogP contribution in [0.25, 0.3) is 0 Å². The van der Waals surface area contributed by atoms with E-state index in [4.69, 9.17) is 5.73 Å². The summed E-state index contributed by atoms with van der Waals surface area (Å²) in [6, 6.07) is 3.67. The lowest BCUT2D eigenvalue weighted by atomic mass is 10.1. The summed E-state index contributed by atoms with van der Waals surface area (Å²) < 4.78 is 1.18. The maximum Gasteiger partial charge on any atom is 0.0592 e. The highest BCUT2D eigenvalue weighted by molar-refractivity contribution is 9.10. The fourth-order valence-corrected chi connectivity index (χ4v) is 4.77. The summed E-state index contributed by atoms with van der Waals surface area (Å²) in [5, 5.41) is 2.16. The zero-order valence-electron chi connectivity index (χ0n) is 11.4. The fraction of sp³-hybridized carbons (Fsp3) is 0.714. The monoisotopic (exact) mass is 343 g/mol. The summed E-state index contributed by atoms with van der Waals surface area (Å²) in [6.45, 7) is 6.85. The molecule has 5 heteroatoms. The first kappa shape index (κ1) is 14.0. The van der Waals surface area contributed by atoms with Crippen LogP contribution in [0.2, 0.25) is 0 Å². The van der Waals surface area contributed by atoms with Gasteiger partial charge in [0.25, 0.3) is 0 Å². The molecule has 2 N–H and O–H groups in total. The van der Waals surface area contributed by atoms with Crippen LogP contribution in [-0.4, -0.2) is 48.1 Å². The van der Waals surface area contributed by atoms with E-state index >= 15 is 0 Å². The number of hydrogen-bond acceptors (Lipinski definition) is 4. The lowest BCUT2D eigenvalue weighted by molar-refractivity contribution is 0.0839. The number of nitrogens with zero attached hydrogens (tertiary/aromatic N) is 2. The van der Waals surface area contributed by atoms with Gasteiger partial charge in [-0.15, -0.1) is 11.3 Å². The molecule has 1 saturated heterocycles. The van der Waals surface area contributed by atoms with Crippen molar-refractivity contribution in [3.8, 4) is 0 Å². The Morgan fingerprint density at radius 1 is 1.32 bits per heavy atom. The summed E-state index contributed by atoms with van der Waals surface area (Å²) in [6.07, 6.45) is 2.82. The first-order chi connectivity index (χ1) is 9.15. The van der Waals surface area contributed by atoms with E-state index in [0.717, 1.165) is 19.1 Å².